The minimum Gasteiger partial charge on any atom is -0.397 e. The fraction of sp³-hybridized carbons (Fsp3) is 0.455. The fourth-order valence-corrected chi connectivity index (χ4v) is 2.35. The number of anilines is 2. The number of hydrogen-bond donors (Lipinski definition) is 2. The molecule has 0 amide bonds. The Morgan fingerprint density at radius 3 is 2.40 bits per heavy atom. The van der Waals surface area contributed by atoms with E-state index in [1.807, 2.05) is 0 Å². The first-order valence-electron chi connectivity index (χ1n) is 5.68. The average Bonchev–Trinajstić information content (AvgIpc) is 2.35. The number of nitrogens with two attached hydrogens (primary N) is 1. The smallest absolute Gasteiger partial charge is 0.390 e. The van der Waals surface area contributed by atoms with Crippen LogP contribution in [-0.2, 0) is 10.0 Å². The normalized spacial score (nSPS) is 12.4. The largest absolute Gasteiger partial charge is 0.397 e. The molecule has 0 fully saturated rings. The van der Waals surface area contributed by atoms with E-state index in [1.54, 1.807) is 0 Å². The van der Waals surface area contributed by atoms with Crippen LogP contribution in [0.4, 0.5) is 24.5 Å². The maximum absolute atomic E-state index is 12.2. The molecule has 20 heavy (non-hydrogen) atoms. The molecule has 0 unspecified atom stereocenters. The van der Waals surface area contributed by atoms with Crippen LogP contribution >= 0.6 is 0 Å². The third-order valence-electron chi connectivity index (χ3n) is 2.72. The van der Waals surface area contributed by atoms with Crippen LogP contribution < -0.4 is 15.4 Å². The van der Waals surface area contributed by atoms with Crippen molar-refractivity contribution in [2.75, 3.05) is 31.3 Å². The maximum Gasteiger partial charge on any atom is 0.390 e. The number of rotatable bonds is 5. The number of benzene rings is 1. The predicted octanol–water partition coefficient (Wildman–Crippen LogP) is 1.57. The Morgan fingerprint density at radius 2 is 1.95 bits per heavy atom. The van der Waals surface area contributed by atoms with Crippen LogP contribution in [0.15, 0.2) is 23.1 Å². The SMILES string of the molecule is CNS(=O)(=O)c1ccc(N(C)CCC(F)(F)F)c(N)c1. The molecule has 0 atom stereocenters. The molecule has 0 saturated heterocycles. The first-order valence-corrected chi connectivity index (χ1v) is 7.16. The van der Waals surface area contributed by atoms with Gasteiger partial charge in [-0.3, -0.25) is 0 Å². The van der Waals surface area contributed by atoms with Crippen LogP contribution in [-0.4, -0.2) is 35.2 Å². The van der Waals surface area contributed by atoms with Gasteiger partial charge in [-0.15, -0.1) is 0 Å². The number of hydrogen-bond acceptors (Lipinski definition) is 4. The van der Waals surface area contributed by atoms with E-state index in [0.717, 1.165) is 0 Å². The minimum atomic E-state index is -4.25. The van der Waals surface area contributed by atoms with Crippen LogP contribution in [0.3, 0.4) is 0 Å². The predicted molar refractivity (Wildman–Crippen MR) is 71.0 cm³/mol. The minimum absolute atomic E-state index is 0.0366. The summed E-state index contributed by atoms with van der Waals surface area (Å²) in [6.07, 6.45) is -5.22. The van der Waals surface area contributed by atoms with Crippen LogP contribution in [0.25, 0.3) is 0 Å². The monoisotopic (exact) mass is 311 g/mol. The van der Waals surface area contributed by atoms with E-state index in [-0.39, 0.29) is 17.1 Å². The van der Waals surface area contributed by atoms with E-state index in [0.29, 0.717) is 5.69 Å². The molecule has 0 aliphatic rings. The number of nitrogen functional groups attached to an aromatic ring is 1. The lowest BCUT2D eigenvalue weighted by Gasteiger charge is -2.22. The number of nitrogens with one attached hydrogen (secondary N) is 1. The van der Waals surface area contributed by atoms with E-state index in [2.05, 4.69) is 4.72 Å². The molecule has 0 spiro atoms. The van der Waals surface area contributed by atoms with Crippen molar-refractivity contribution in [3.63, 3.8) is 0 Å². The van der Waals surface area contributed by atoms with Gasteiger partial charge >= 0.3 is 6.18 Å². The van der Waals surface area contributed by atoms with Crippen molar-refractivity contribution in [2.24, 2.45) is 0 Å². The number of sulfonamides is 1. The molecule has 0 bridgehead atoms. The highest BCUT2D eigenvalue weighted by atomic mass is 32.2. The van der Waals surface area contributed by atoms with Crippen molar-refractivity contribution in [1.29, 1.82) is 0 Å². The summed E-state index contributed by atoms with van der Waals surface area (Å²) in [5.41, 5.74) is 6.15. The Bertz CT molecular complexity index is 573. The Balaban J connectivity index is 2.94. The summed E-state index contributed by atoms with van der Waals surface area (Å²) in [4.78, 5) is 1.30. The second kappa shape index (κ2) is 5.88. The van der Waals surface area contributed by atoms with Crippen molar-refractivity contribution in [1.82, 2.24) is 4.72 Å². The van der Waals surface area contributed by atoms with Crippen LogP contribution in [0.5, 0.6) is 0 Å². The van der Waals surface area contributed by atoms with Gasteiger partial charge in [0.1, 0.15) is 0 Å². The zero-order chi connectivity index (χ0) is 15.6. The summed E-state index contributed by atoms with van der Waals surface area (Å²) < 4.78 is 61.7. The molecule has 0 heterocycles. The maximum atomic E-state index is 12.2. The summed E-state index contributed by atoms with van der Waals surface area (Å²) in [5, 5.41) is 0. The second-order valence-electron chi connectivity index (χ2n) is 4.21. The van der Waals surface area contributed by atoms with Gasteiger partial charge in [0.25, 0.3) is 0 Å². The van der Waals surface area contributed by atoms with Gasteiger partial charge in [-0.1, -0.05) is 0 Å². The third kappa shape index (κ3) is 4.27. The van der Waals surface area contributed by atoms with Crippen molar-refractivity contribution in [2.45, 2.75) is 17.5 Å². The summed E-state index contributed by atoms with van der Waals surface area (Å²) >= 11 is 0. The van der Waals surface area contributed by atoms with E-state index in [1.165, 1.54) is 37.2 Å². The molecule has 1 aromatic rings. The van der Waals surface area contributed by atoms with Crippen molar-refractivity contribution in [3.05, 3.63) is 18.2 Å². The van der Waals surface area contributed by atoms with Crippen molar-refractivity contribution >= 4 is 21.4 Å². The van der Waals surface area contributed by atoms with E-state index in [4.69, 9.17) is 5.73 Å². The van der Waals surface area contributed by atoms with Crippen LogP contribution in [0.2, 0.25) is 0 Å². The van der Waals surface area contributed by atoms with Gasteiger partial charge in [0.15, 0.2) is 0 Å². The molecule has 1 aromatic carbocycles. The highest BCUT2D eigenvalue weighted by molar-refractivity contribution is 7.89. The lowest BCUT2D eigenvalue weighted by Crippen LogP contribution is -2.25. The van der Waals surface area contributed by atoms with Crippen LogP contribution in [0, 0.1) is 0 Å². The fourth-order valence-electron chi connectivity index (χ4n) is 1.58. The topological polar surface area (TPSA) is 75.4 Å². The van der Waals surface area contributed by atoms with E-state index in [9.17, 15) is 21.6 Å². The molecule has 3 N–H and O–H groups in total. The van der Waals surface area contributed by atoms with Gasteiger partial charge in [0, 0.05) is 13.6 Å². The van der Waals surface area contributed by atoms with E-state index >= 15 is 0 Å². The molecule has 0 aliphatic heterocycles. The van der Waals surface area contributed by atoms with Gasteiger partial charge in [-0.2, -0.15) is 13.2 Å². The first-order chi connectivity index (χ1) is 9.07. The average molecular weight is 311 g/mol. The Kier molecular flexibility index (Phi) is 4.87. The molecule has 0 saturated carbocycles. The first kappa shape index (κ1) is 16.6. The zero-order valence-corrected chi connectivity index (χ0v) is 11.8. The number of alkyl halides is 3. The Labute approximate surface area is 115 Å². The van der Waals surface area contributed by atoms with Gasteiger partial charge in [0.05, 0.1) is 22.7 Å². The molecule has 5 nitrogen and oxygen atoms in total. The van der Waals surface area contributed by atoms with Crippen LogP contribution in [0.1, 0.15) is 6.42 Å². The van der Waals surface area contributed by atoms with Gasteiger partial charge in [-0.25, -0.2) is 13.1 Å². The Hall–Kier alpha value is -1.48. The van der Waals surface area contributed by atoms with Gasteiger partial charge in [0.2, 0.25) is 10.0 Å². The summed E-state index contributed by atoms with van der Waals surface area (Å²) in [7, 11) is -0.906. The summed E-state index contributed by atoms with van der Waals surface area (Å²) in [5.74, 6) is 0. The molecule has 114 valence electrons. The highest BCUT2D eigenvalue weighted by Crippen LogP contribution is 2.27. The molecular formula is C11H16F3N3O2S. The quantitative estimate of drug-likeness (QED) is 0.809. The number of halogens is 3. The van der Waals surface area contributed by atoms with Crippen molar-refractivity contribution < 1.29 is 21.6 Å². The molecule has 9 heteroatoms. The summed E-state index contributed by atoms with van der Waals surface area (Å²) in [6.45, 7) is -0.258. The molecule has 0 aliphatic carbocycles. The Morgan fingerprint density at radius 1 is 1.35 bits per heavy atom. The molecule has 0 radical (unpaired) electrons. The third-order valence-corrected chi connectivity index (χ3v) is 4.13. The van der Waals surface area contributed by atoms with Gasteiger partial charge in [-0.05, 0) is 25.2 Å². The van der Waals surface area contributed by atoms with E-state index < -0.39 is 22.6 Å². The standard InChI is InChI=1S/C11H16F3N3O2S/c1-16-20(18,19)8-3-4-10(9(15)7-8)17(2)6-5-11(12,13)14/h3-4,7,16H,5-6,15H2,1-2H3. The lowest BCUT2D eigenvalue weighted by atomic mass is 10.2. The number of nitrogens with zero attached hydrogens (tertiary/aromatic N) is 1. The molecular weight excluding hydrogens is 295 g/mol. The summed E-state index contributed by atoms with van der Waals surface area (Å²) in [6, 6.07) is 3.89. The molecule has 0 aromatic heterocycles. The van der Waals surface area contributed by atoms with Gasteiger partial charge < -0.3 is 10.6 Å². The second-order valence-corrected chi connectivity index (χ2v) is 6.10. The van der Waals surface area contributed by atoms with Crippen molar-refractivity contribution in [3.8, 4) is 0 Å². The molecule has 1 rings (SSSR count). The lowest BCUT2D eigenvalue weighted by molar-refractivity contribution is -0.132. The zero-order valence-electron chi connectivity index (χ0n) is 11.0. The highest BCUT2D eigenvalue weighted by Gasteiger charge is 2.27.